The summed E-state index contributed by atoms with van der Waals surface area (Å²) in [7, 11) is 0. The van der Waals surface area contributed by atoms with E-state index in [-0.39, 0.29) is 5.82 Å². The van der Waals surface area contributed by atoms with Crippen LogP contribution in [0.4, 0.5) is 15.8 Å². The van der Waals surface area contributed by atoms with E-state index in [0.717, 1.165) is 44.8 Å². The number of nitrogens with two attached hydrogens (primary N) is 1. The maximum atomic E-state index is 13.7. The van der Waals surface area contributed by atoms with Crippen molar-refractivity contribution < 1.29 is 4.39 Å². The van der Waals surface area contributed by atoms with Crippen LogP contribution < -0.4 is 10.6 Å². The first-order chi connectivity index (χ1) is 9.53. The van der Waals surface area contributed by atoms with Gasteiger partial charge < -0.3 is 15.5 Å². The monoisotopic (exact) mass is 393 g/mol. The fourth-order valence-electron chi connectivity index (χ4n) is 2.30. The van der Waals surface area contributed by atoms with Gasteiger partial charge in [-0.1, -0.05) is 13.8 Å². The summed E-state index contributed by atoms with van der Waals surface area (Å²) in [5.74, 6) is -0.197. The summed E-state index contributed by atoms with van der Waals surface area (Å²) >= 11 is 1.97. The summed E-state index contributed by atoms with van der Waals surface area (Å²) in [6, 6.07) is 3.26. The fraction of sp³-hybridized carbons (Fsp3) is 0.600. The van der Waals surface area contributed by atoms with E-state index in [0.29, 0.717) is 9.26 Å². The average Bonchev–Trinajstić information content (AvgIpc) is 2.44. The van der Waals surface area contributed by atoms with E-state index in [4.69, 9.17) is 5.73 Å². The summed E-state index contributed by atoms with van der Waals surface area (Å²) in [6.45, 7) is 11.4. The third-order valence-corrected chi connectivity index (χ3v) is 4.42. The molecule has 1 rings (SSSR count). The number of hydrogen-bond acceptors (Lipinski definition) is 3. The van der Waals surface area contributed by atoms with Crippen molar-refractivity contribution in [3.05, 3.63) is 21.5 Å². The quantitative estimate of drug-likeness (QED) is 0.542. The molecule has 0 amide bonds. The highest BCUT2D eigenvalue weighted by molar-refractivity contribution is 14.1. The largest absolute Gasteiger partial charge is 0.397 e. The van der Waals surface area contributed by atoms with Crippen molar-refractivity contribution in [3.63, 3.8) is 0 Å². The van der Waals surface area contributed by atoms with Crippen molar-refractivity contribution in [2.24, 2.45) is 0 Å². The number of anilines is 2. The van der Waals surface area contributed by atoms with Gasteiger partial charge in [0.25, 0.3) is 0 Å². The molecule has 0 aliphatic rings. The standard InChI is InChI=1S/C15H25FIN3/c1-4-19(5-2)8-7-9-20(6-3)15-10-12(16)13(17)11-14(15)18/h10-11H,4-9,18H2,1-3H3. The van der Waals surface area contributed by atoms with E-state index < -0.39 is 0 Å². The second-order valence-electron chi connectivity index (χ2n) is 4.79. The Labute approximate surface area is 135 Å². The average molecular weight is 393 g/mol. The molecule has 0 spiro atoms. The maximum absolute atomic E-state index is 13.7. The molecule has 0 aromatic heterocycles. The van der Waals surface area contributed by atoms with Crippen LogP contribution in [-0.4, -0.2) is 37.6 Å². The van der Waals surface area contributed by atoms with Crippen molar-refractivity contribution in [2.75, 3.05) is 43.4 Å². The molecule has 0 radical (unpaired) electrons. The minimum absolute atomic E-state index is 0.197. The van der Waals surface area contributed by atoms with Crippen LogP contribution in [0.3, 0.4) is 0 Å². The molecule has 0 saturated heterocycles. The number of benzene rings is 1. The molecular weight excluding hydrogens is 368 g/mol. The molecule has 20 heavy (non-hydrogen) atoms. The number of halogens is 2. The highest BCUT2D eigenvalue weighted by Crippen LogP contribution is 2.27. The molecule has 2 N–H and O–H groups in total. The van der Waals surface area contributed by atoms with E-state index in [1.54, 1.807) is 12.1 Å². The second-order valence-corrected chi connectivity index (χ2v) is 5.95. The van der Waals surface area contributed by atoms with Crippen molar-refractivity contribution in [1.29, 1.82) is 0 Å². The molecule has 3 nitrogen and oxygen atoms in total. The first kappa shape index (κ1) is 17.5. The zero-order valence-electron chi connectivity index (χ0n) is 12.6. The molecule has 114 valence electrons. The Hall–Kier alpha value is -0.560. The molecular formula is C15H25FIN3. The van der Waals surface area contributed by atoms with Gasteiger partial charge in [-0.15, -0.1) is 0 Å². The lowest BCUT2D eigenvalue weighted by Gasteiger charge is -2.26. The molecule has 0 fully saturated rings. The van der Waals surface area contributed by atoms with Crippen molar-refractivity contribution in [1.82, 2.24) is 4.90 Å². The van der Waals surface area contributed by atoms with Gasteiger partial charge in [0.05, 0.1) is 14.9 Å². The number of hydrogen-bond donors (Lipinski definition) is 1. The Bertz CT molecular complexity index is 422. The molecule has 0 saturated carbocycles. The van der Waals surface area contributed by atoms with Gasteiger partial charge in [0, 0.05) is 19.2 Å². The van der Waals surface area contributed by atoms with Gasteiger partial charge in [-0.3, -0.25) is 0 Å². The molecule has 0 aliphatic carbocycles. The molecule has 5 heteroatoms. The lowest BCUT2D eigenvalue weighted by atomic mass is 10.2. The third kappa shape index (κ3) is 4.77. The smallest absolute Gasteiger partial charge is 0.138 e. The van der Waals surface area contributed by atoms with Crippen molar-refractivity contribution in [3.8, 4) is 0 Å². The Morgan fingerprint density at radius 2 is 1.75 bits per heavy atom. The highest BCUT2D eigenvalue weighted by Gasteiger charge is 2.12. The summed E-state index contributed by atoms with van der Waals surface area (Å²) in [4.78, 5) is 4.55. The van der Waals surface area contributed by atoms with Gasteiger partial charge in [-0.2, -0.15) is 0 Å². The van der Waals surface area contributed by atoms with E-state index in [9.17, 15) is 4.39 Å². The molecule has 0 unspecified atom stereocenters. The van der Waals surface area contributed by atoms with E-state index in [1.807, 2.05) is 22.6 Å². The fourth-order valence-corrected chi connectivity index (χ4v) is 2.79. The van der Waals surface area contributed by atoms with Crippen molar-refractivity contribution >= 4 is 34.0 Å². The normalized spacial score (nSPS) is 11.1. The second kappa shape index (κ2) is 8.67. The zero-order chi connectivity index (χ0) is 15.1. The Kier molecular flexibility index (Phi) is 7.58. The Morgan fingerprint density at radius 3 is 2.30 bits per heavy atom. The van der Waals surface area contributed by atoms with Crippen molar-refractivity contribution in [2.45, 2.75) is 27.2 Å². The molecule has 1 aromatic carbocycles. The zero-order valence-corrected chi connectivity index (χ0v) is 14.8. The molecule has 0 aliphatic heterocycles. The van der Waals surface area contributed by atoms with Gasteiger partial charge in [0.1, 0.15) is 5.82 Å². The van der Waals surface area contributed by atoms with Gasteiger partial charge >= 0.3 is 0 Å². The predicted octanol–water partition coefficient (Wildman–Crippen LogP) is 3.57. The summed E-state index contributed by atoms with van der Waals surface area (Å²) in [6.07, 6.45) is 1.06. The molecule has 0 heterocycles. The summed E-state index contributed by atoms with van der Waals surface area (Å²) in [5, 5.41) is 0. The van der Waals surface area contributed by atoms with Gasteiger partial charge in [0.15, 0.2) is 0 Å². The minimum Gasteiger partial charge on any atom is -0.397 e. The van der Waals surface area contributed by atoms with E-state index >= 15 is 0 Å². The Morgan fingerprint density at radius 1 is 1.10 bits per heavy atom. The third-order valence-electron chi connectivity index (χ3n) is 3.59. The van der Waals surface area contributed by atoms with Crippen LogP contribution >= 0.6 is 22.6 Å². The van der Waals surface area contributed by atoms with E-state index in [1.165, 1.54) is 0 Å². The van der Waals surface area contributed by atoms with Gasteiger partial charge in [0.2, 0.25) is 0 Å². The Balaban J connectivity index is 2.69. The summed E-state index contributed by atoms with van der Waals surface area (Å²) in [5.41, 5.74) is 7.49. The number of nitrogen functional groups attached to an aromatic ring is 1. The first-order valence-corrected chi connectivity index (χ1v) is 8.33. The van der Waals surface area contributed by atoms with Gasteiger partial charge in [-0.05, 0) is 61.6 Å². The number of nitrogens with zero attached hydrogens (tertiary/aromatic N) is 2. The van der Waals surface area contributed by atoms with Crippen LogP contribution in [0, 0.1) is 9.39 Å². The van der Waals surface area contributed by atoms with Crippen LogP contribution in [-0.2, 0) is 0 Å². The van der Waals surface area contributed by atoms with Crippen LogP contribution in [0.2, 0.25) is 0 Å². The van der Waals surface area contributed by atoms with Crippen LogP contribution in [0.15, 0.2) is 12.1 Å². The lowest BCUT2D eigenvalue weighted by Crippen LogP contribution is -2.30. The SMILES string of the molecule is CCN(CC)CCCN(CC)c1cc(F)c(I)cc1N. The van der Waals surface area contributed by atoms with Crippen LogP contribution in [0.1, 0.15) is 27.2 Å². The molecule has 1 aromatic rings. The predicted molar refractivity (Wildman–Crippen MR) is 93.8 cm³/mol. The van der Waals surface area contributed by atoms with Crippen LogP contribution in [0.25, 0.3) is 0 Å². The molecule has 0 bridgehead atoms. The summed E-state index contributed by atoms with van der Waals surface area (Å²) < 4.78 is 14.3. The number of rotatable bonds is 8. The first-order valence-electron chi connectivity index (χ1n) is 7.25. The lowest BCUT2D eigenvalue weighted by molar-refractivity contribution is 0.301. The van der Waals surface area contributed by atoms with Crippen LogP contribution in [0.5, 0.6) is 0 Å². The maximum Gasteiger partial charge on any atom is 0.138 e. The van der Waals surface area contributed by atoms with E-state index in [2.05, 4.69) is 30.6 Å². The topological polar surface area (TPSA) is 32.5 Å². The molecule has 0 atom stereocenters. The minimum atomic E-state index is -0.197. The van der Waals surface area contributed by atoms with Gasteiger partial charge in [-0.25, -0.2) is 4.39 Å². The highest BCUT2D eigenvalue weighted by atomic mass is 127.